The molecule has 0 saturated carbocycles. The van der Waals surface area contributed by atoms with E-state index in [0.717, 1.165) is 32.1 Å². The maximum absolute atomic E-state index is 12.4. The Hall–Kier alpha value is -2.80. The van der Waals surface area contributed by atoms with Gasteiger partial charge in [-0.1, -0.05) is 24.3 Å². The highest BCUT2D eigenvalue weighted by Gasteiger charge is 2.25. The second-order valence-electron chi connectivity index (χ2n) is 7.16. The first-order chi connectivity index (χ1) is 13.6. The number of amides is 1. The number of guanidine groups is 1. The Morgan fingerprint density at radius 3 is 2.36 bits per heavy atom. The van der Waals surface area contributed by atoms with Crippen molar-refractivity contribution in [2.45, 2.75) is 13.1 Å². The third-order valence-corrected chi connectivity index (χ3v) is 4.85. The molecule has 2 heterocycles. The van der Waals surface area contributed by atoms with Crippen molar-refractivity contribution in [3.8, 4) is 0 Å². The molecule has 1 aliphatic rings. The first kappa shape index (κ1) is 19.9. The summed E-state index contributed by atoms with van der Waals surface area (Å²) in [5, 5.41) is 3.48. The fourth-order valence-corrected chi connectivity index (χ4v) is 3.41. The van der Waals surface area contributed by atoms with Crippen molar-refractivity contribution in [2.24, 2.45) is 4.99 Å². The van der Waals surface area contributed by atoms with Gasteiger partial charge in [-0.15, -0.1) is 0 Å². The summed E-state index contributed by atoms with van der Waals surface area (Å²) in [7, 11) is 5.95. The van der Waals surface area contributed by atoms with Crippen LogP contribution in [0, 0.1) is 0 Å². The fraction of sp³-hybridized carbons (Fsp3) is 0.429. The van der Waals surface area contributed by atoms with Gasteiger partial charge in [0.2, 0.25) is 0 Å². The molecule has 150 valence electrons. The average molecular weight is 383 g/mol. The van der Waals surface area contributed by atoms with Gasteiger partial charge in [-0.3, -0.25) is 9.79 Å². The molecule has 1 saturated heterocycles. The number of nitrogens with zero attached hydrogens (tertiary/aromatic N) is 4. The quantitative estimate of drug-likeness (QED) is 0.631. The Morgan fingerprint density at radius 1 is 1.07 bits per heavy atom. The van der Waals surface area contributed by atoms with E-state index >= 15 is 0 Å². The molecule has 1 aliphatic heterocycles. The number of carbonyl (C=O) groups excluding carboxylic acids is 1. The van der Waals surface area contributed by atoms with Crippen molar-refractivity contribution in [1.29, 1.82) is 0 Å². The zero-order chi connectivity index (χ0) is 19.9. The normalized spacial score (nSPS) is 15.2. The van der Waals surface area contributed by atoms with Crippen LogP contribution in [0.15, 0.2) is 52.1 Å². The summed E-state index contributed by atoms with van der Waals surface area (Å²) in [6.45, 7) is 4.41. The predicted molar refractivity (Wildman–Crippen MR) is 110 cm³/mol. The predicted octanol–water partition coefficient (Wildman–Crippen LogP) is 1.87. The molecule has 1 aromatic heterocycles. The van der Waals surface area contributed by atoms with Gasteiger partial charge in [0.1, 0.15) is 0 Å². The highest BCUT2D eigenvalue weighted by atomic mass is 16.3. The van der Waals surface area contributed by atoms with Crippen molar-refractivity contribution in [3.63, 3.8) is 0 Å². The second-order valence-corrected chi connectivity index (χ2v) is 7.16. The first-order valence-corrected chi connectivity index (χ1v) is 9.58. The second kappa shape index (κ2) is 9.41. The van der Waals surface area contributed by atoms with Gasteiger partial charge >= 0.3 is 0 Å². The van der Waals surface area contributed by atoms with Gasteiger partial charge in [0.15, 0.2) is 11.7 Å². The van der Waals surface area contributed by atoms with Crippen molar-refractivity contribution < 1.29 is 9.21 Å². The standard InChI is InChI=1S/C21H29N5O2/c1-22-21(23-15-17-7-4-5-8-18(17)16-24(2)3)26-12-10-25(11-13-26)20(27)19-9-6-14-28-19/h4-9,14H,10-13,15-16H2,1-3H3,(H,22,23). The van der Waals surface area contributed by atoms with Gasteiger partial charge in [0.05, 0.1) is 6.26 Å². The zero-order valence-electron chi connectivity index (χ0n) is 16.9. The minimum Gasteiger partial charge on any atom is -0.459 e. The minimum absolute atomic E-state index is 0.0507. The lowest BCUT2D eigenvalue weighted by Crippen LogP contribution is -2.53. The van der Waals surface area contributed by atoms with Crippen LogP contribution in [0.25, 0.3) is 0 Å². The first-order valence-electron chi connectivity index (χ1n) is 9.58. The summed E-state index contributed by atoms with van der Waals surface area (Å²) in [6.07, 6.45) is 1.53. The van der Waals surface area contributed by atoms with E-state index in [-0.39, 0.29) is 5.91 Å². The third-order valence-electron chi connectivity index (χ3n) is 4.85. The van der Waals surface area contributed by atoms with Crippen molar-refractivity contribution in [3.05, 3.63) is 59.5 Å². The summed E-state index contributed by atoms with van der Waals surface area (Å²) < 4.78 is 5.23. The number of carbonyl (C=O) groups is 1. The molecule has 28 heavy (non-hydrogen) atoms. The number of hydrogen-bond acceptors (Lipinski definition) is 4. The lowest BCUT2D eigenvalue weighted by atomic mass is 10.1. The van der Waals surface area contributed by atoms with Gasteiger partial charge in [0, 0.05) is 46.3 Å². The smallest absolute Gasteiger partial charge is 0.289 e. The van der Waals surface area contributed by atoms with Crippen molar-refractivity contribution >= 4 is 11.9 Å². The molecular formula is C21H29N5O2. The Labute approximate surface area is 166 Å². The average Bonchev–Trinajstić information content (AvgIpc) is 3.24. The lowest BCUT2D eigenvalue weighted by Gasteiger charge is -2.36. The summed E-state index contributed by atoms with van der Waals surface area (Å²) in [5.41, 5.74) is 2.58. The third kappa shape index (κ3) is 4.92. The maximum atomic E-state index is 12.4. The lowest BCUT2D eigenvalue weighted by molar-refractivity contribution is 0.0657. The molecule has 1 fully saturated rings. The van der Waals surface area contributed by atoms with E-state index in [2.05, 4.69) is 58.5 Å². The van der Waals surface area contributed by atoms with E-state index in [4.69, 9.17) is 4.42 Å². The number of furan rings is 1. The number of benzene rings is 1. The van der Waals surface area contributed by atoms with E-state index in [1.807, 2.05) is 4.90 Å². The van der Waals surface area contributed by atoms with E-state index in [1.54, 1.807) is 19.2 Å². The molecular weight excluding hydrogens is 354 g/mol. The molecule has 0 radical (unpaired) electrons. The molecule has 7 heteroatoms. The summed E-state index contributed by atoms with van der Waals surface area (Å²) in [4.78, 5) is 23.0. The van der Waals surface area contributed by atoms with Crippen LogP contribution in [-0.2, 0) is 13.1 Å². The SMILES string of the molecule is CN=C(NCc1ccccc1CN(C)C)N1CCN(C(=O)c2ccco2)CC1. The molecule has 0 spiro atoms. The molecule has 0 aliphatic carbocycles. The highest BCUT2D eigenvalue weighted by molar-refractivity contribution is 5.91. The van der Waals surface area contributed by atoms with Crippen LogP contribution in [-0.4, -0.2) is 73.9 Å². The number of piperazine rings is 1. The highest BCUT2D eigenvalue weighted by Crippen LogP contribution is 2.12. The van der Waals surface area contributed by atoms with Crippen LogP contribution in [0.2, 0.25) is 0 Å². The van der Waals surface area contributed by atoms with E-state index in [1.165, 1.54) is 17.4 Å². The Balaban J connectivity index is 1.55. The van der Waals surface area contributed by atoms with Crippen molar-refractivity contribution in [2.75, 3.05) is 47.3 Å². The van der Waals surface area contributed by atoms with Gasteiger partial charge in [0.25, 0.3) is 5.91 Å². The van der Waals surface area contributed by atoms with E-state index in [9.17, 15) is 4.79 Å². The molecule has 2 aromatic rings. The largest absolute Gasteiger partial charge is 0.459 e. The van der Waals surface area contributed by atoms with Crippen LogP contribution in [0.1, 0.15) is 21.7 Å². The van der Waals surface area contributed by atoms with Crippen LogP contribution in [0.3, 0.4) is 0 Å². The summed E-state index contributed by atoms with van der Waals surface area (Å²) in [5.74, 6) is 1.21. The number of nitrogens with one attached hydrogen (secondary N) is 1. The number of aliphatic imine (C=N–C) groups is 1. The van der Waals surface area contributed by atoms with Gasteiger partial charge in [-0.2, -0.15) is 0 Å². The molecule has 3 rings (SSSR count). The Bertz CT molecular complexity index is 793. The molecule has 7 nitrogen and oxygen atoms in total. The molecule has 0 bridgehead atoms. The summed E-state index contributed by atoms with van der Waals surface area (Å²) in [6, 6.07) is 11.9. The molecule has 0 unspecified atom stereocenters. The maximum Gasteiger partial charge on any atom is 0.289 e. The molecule has 0 atom stereocenters. The number of hydrogen-bond donors (Lipinski definition) is 1. The zero-order valence-corrected chi connectivity index (χ0v) is 16.9. The van der Waals surface area contributed by atoms with Crippen LogP contribution < -0.4 is 5.32 Å². The molecule has 1 amide bonds. The van der Waals surface area contributed by atoms with Crippen molar-refractivity contribution in [1.82, 2.24) is 20.0 Å². The Morgan fingerprint density at radius 2 is 1.75 bits per heavy atom. The molecule has 1 aromatic carbocycles. The Kier molecular flexibility index (Phi) is 6.71. The van der Waals surface area contributed by atoms with E-state index in [0.29, 0.717) is 18.8 Å². The van der Waals surface area contributed by atoms with Gasteiger partial charge in [-0.05, 0) is 37.4 Å². The van der Waals surface area contributed by atoms with Crippen LogP contribution in [0.5, 0.6) is 0 Å². The van der Waals surface area contributed by atoms with E-state index < -0.39 is 0 Å². The monoisotopic (exact) mass is 383 g/mol. The summed E-state index contributed by atoms with van der Waals surface area (Å²) >= 11 is 0. The fourth-order valence-electron chi connectivity index (χ4n) is 3.41. The minimum atomic E-state index is -0.0507. The van der Waals surface area contributed by atoms with Crippen LogP contribution in [0.4, 0.5) is 0 Å². The van der Waals surface area contributed by atoms with Crippen LogP contribution >= 0.6 is 0 Å². The van der Waals surface area contributed by atoms with Gasteiger partial charge < -0.3 is 24.4 Å². The topological polar surface area (TPSA) is 64.3 Å². The molecule has 1 N–H and O–H groups in total. The number of rotatable bonds is 5. The van der Waals surface area contributed by atoms with Gasteiger partial charge in [-0.25, -0.2) is 0 Å².